The van der Waals surface area contributed by atoms with Crippen molar-refractivity contribution in [3.05, 3.63) is 66.8 Å². The van der Waals surface area contributed by atoms with Crippen LogP contribution in [0.4, 0.5) is 4.39 Å². The van der Waals surface area contributed by atoms with Gasteiger partial charge >= 0.3 is 0 Å². The summed E-state index contributed by atoms with van der Waals surface area (Å²) in [7, 11) is 1.85. The number of aryl methyl sites for hydroxylation is 1. The van der Waals surface area contributed by atoms with Crippen LogP contribution in [0.15, 0.2) is 55.4 Å². The lowest BCUT2D eigenvalue weighted by Crippen LogP contribution is -2.26. The zero-order chi connectivity index (χ0) is 19.7. The zero-order valence-corrected chi connectivity index (χ0v) is 15.5. The van der Waals surface area contributed by atoms with Crippen molar-refractivity contribution in [1.29, 1.82) is 0 Å². The number of nitrogens with zero attached hydrogens (tertiary/aromatic N) is 5. The number of carbonyl (C=O) groups excluding carboxylic acids is 1. The van der Waals surface area contributed by atoms with E-state index in [9.17, 15) is 9.18 Å². The highest BCUT2D eigenvalue weighted by molar-refractivity contribution is 5.87. The lowest BCUT2D eigenvalue weighted by Gasteiger charge is -2.16. The van der Waals surface area contributed by atoms with E-state index in [1.165, 1.54) is 18.2 Å². The van der Waals surface area contributed by atoms with Gasteiger partial charge in [-0.2, -0.15) is 5.10 Å². The second-order valence-electron chi connectivity index (χ2n) is 6.85. The summed E-state index contributed by atoms with van der Waals surface area (Å²) in [4.78, 5) is 23.0. The van der Waals surface area contributed by atoms with Crippen molar-refractivity contribution < 1.29 is 9.18 Å². The molecular formula is C21H20FN5O. The number of aromatic nitrogens is 4. The average Bonchev–Trinajstić information content (AvgIpc) is 3.37. The van der Waals surface area contributed by atoms with Gasteiger partial charge in [0.1, 0.15) is 11.5 Å². The molecule has 1 atom stereocenters. The van der Waals surface area contributed by atoms with Crippen molar-refractivity contribution in [3.63, 3.8) is 0 Å². The number of hydrogen-bond donors (Lipinski definition) is 0. The third kappa shape index (κ3) is 3.43. The Hall–Kier alpha value is -3.35. The minimum absolute atomic E-state index is 0.0641. The Kier molecular flexibility index (Phi) is 4.73. The summed E-state index contributed by atoms with van der Waals surface area (Å²) in [5.41, 5.74) is 3.19. The molecule has 7 heteroatoms. The Bertz CT molecular complexity index is 1030. The molecule has 1 saturated heterocycles. The minimum Gasteiger partial charge on any atom is -0.339 e. The molecule has 142 valence electrons. The molecule has 1 aliphatic rings. The van der Waals surface area contributed by atoms with Crippen LogP contribution in [0.25, 0.3) is 22.8 Å². The fraction of sp³-hybridized carbons (Fsp3) is 0.238. The Morgan fingerprint density at radius 3 is 2.75 bits per heavy atom. The summed E-state index contributed by atoms with van der Waals surface area (Å²) in [5.74, 6) is 0.276. The van der Waals surface area contributed by atoms with E-state index in [4.69, 9.17) is 4.98 Å². The molecule has 0 N–H and O–H groups in total. The molecule has 0 aliphatic carbocycles. The lowest BCUT2D eigenvalue weighted by molar-refractivity contribution is -0.125. The highest BCUT2D eigenvalue weighted by Crippen LogP contribution is 2.34. The SMILES string of the molecule is C=CC(=O)N1CC[C@H](c2cnc(-c3ccc(F)cc3)nc2-c2ccn(C)n2)C1. The first kappa shape index (κ1) is 18.0. The molecule has 2 aromatic heterocycles. The maximum absolute atomic E-state index is 13.3. The van der Waals surface area contributed by atoms with Crippen LogP contribution in [0.1, 0.15) is 17.9 Å². The molecule has 0 unspecified atom stereocenters. The van der Waals surface area contributed by atoms with Gasteiger partial charge in [-0.1, -0.05) is 6.58 Å². The minimum atomic E-state index is -0.303. The normalized spacial score (nSPS) is 16.4. The van der Waals surface area contributed by atoms with Gasteiger partial charge in [-0.3, -0.25) is 9.48 Å². The molecule has 1 aliphatic heterocycles. The number of benzene rings is 1. The van der Waals surface area contributed by atoms with E-state index in [1.54, 1.807) is 21.7 Å². The summed E-state index contributed by atoms with van der Waals surface area (Å²) < 4.78 is 15.0. The third-order valence-electron chi connectivity index (χ3n) is 4.99. The fourth-order valence-electron chi connectivity index (χ4n) is 3.52. The Labute approximate surface area is 162 Å². The van der Waals surface area contributed by atoms with E-state index in [0.717, 1.165) is 28.9 Å². The van der Waals surface area contributed by atoms with Crippen molar-refractivity contribution in [2.45, 2.75) is 12.3 Å². The number of rotatable bonds is 4. The maximum atomic E-state index is 13.3. The molecular weight excluding hydrogens is 357 g/mol. The lowest BCUT2D eigenvalue weighted by atomic mass is 9.96. The second kappa shape index (κ2) is 7.34. The molecule has 1 fully saturated rings. The van der Waals surface area contributed by atoms with E-state index in [0.29, 0.717) is 18.9 Å². The van der Waals surface area contributed by atoms with E-state index in [-0.39, 0.29) is 17.6 Å². The van der Waals surface area contributed by atoms with E-state index < -0.39 is 0 Å². The molecule has 0 saturated carbocycles. The van der Waals surface area contributed by atoms with Crippen LogP contribution in [0.2, 0.25) is 0 Å². The number of likely N-dealkylation sites (tertiary alicyclic amines) is 1. The van der Waals surface area contributed by atoms with Gasteiger partial charge in [0.2, 0.25) is 5.91 Å². The molecule has 1 aromatic carbocycles. The summed E-state index contributed by atoms with van der Waals surface area (Å²) in [6.45, 7) is 4.85. The van der Waals surface area contributed by atoms with Crippen LogP contribution >= 0.6 is 0 Å². The van der Waals surface area contributed by atoms with Crippen molar-refractivity contribution >= 4 is 5.91 Å². The largest absolute Gasteiger partial charge is 0.339 e. The van der Waals surface area contributed by atoms with Crippen LogP contribution in [-0.2, 0) is 11.8 Å². The molecule has 0 radical (unpaired) electrons. The number of halogens is 1. The fourth-order valence-corrected chi connectivity index (χ4v) is 3.52. The van der Waals surface area contributed by atoms with Crippen LogP contribution in [0.5, 0.6) is 0 Å². The summed E-state index contributed by atoms with van der Waals surface area (Å²) >= 11 is 0. The van der Waals surface area contributed by atoms with E-state index in [2.05, 4.69) is 16.7 Å². The van der Waals surface area contributed by atoms with Gasteiger partial charge in [0.25, 0.3) is 0 Å². The Morgan fingerprint density at radius 1 is 1.29 bits per heavy atom. The molecule has 1 amide bonds. The van der Waals surface area contributed by atoms with Crippen molar-refractivity contribution in [2.75, 3.05) is 13.1 Å². The molecule has 28 heavy (non-hydrogen) atoms. The van der Waals surface area contributed by atoms with Gasteiger partial charge < -0.3 is 4.90 Å². The van der Waals surface area contributed by atoms with Gasteiger partial charge in [0, 0.05) is 49.6 Å². The van der Waals surface area contributed by atoms with Crippen LogP contribution in [0, 0.1) is 5.82 Å². The standard InChI is InChI=1S/C21H20FN5O/c1-3-19(28)27-11-8-15(13-27)17-12-23-21(14-4-6-16(22)7-5-14)24-20(17)18-9-10-26(2)25-18/h3-7,9-10,12,15H,1,8,11,13H2,2H3/t15-/m0/s1. The third-order valence-corrected chi connectivity index (χ3v) is 4.99. The molecule has 4 rings (SSSR count). The van der Waals surface area contributed by atoms with Gasteiger partial charge in [0.05, 0.1) is 5.69 Å². The highest BCUT2D eigenvalue weighted by Gasteiger charge is 2.29. The maximum Gasteiger partial charge on any atom is 0.245 e. The molecule has 6 nitrogen and oxygen atoms in total. The first-order valence-electron chi connectivity index (χ1n) is 9.09. The summed E-state index contributed by atoms with van der Waals surface area (Å²) in [6, 6.07) is 8.01. The summed E-state index contributed by atoms with van der Waals surface area (Å²) in [5, 5.41) is 4.50. The molecule has 0 bridgehead atoms. The predicted molar refractivity (Wildman–Crippen MR) is 104 cm³/mol. The second-order valence-corrected chi connectivity index (χ2v) is 6.85. The van der Waals surface area contributed by atoms with Gasteiger partial charge in [-0.15, -0.1) is 0 Å². The smallest absolute Gasteiger partial charge is 0.245 e. The zero-order valence-electron chi connectivity index (χ0n) is 15.5. The van der Waals surface area contributed by atoms with Crippen molar-refractivity contribution in [2.24, 2.45) is 7.05 Å². The highest BCUT2D eigenvalue weighted by atomic mass is 19.1. The van der Waals surface area contributed by atoms with E-state index >= 15 is 0 Å². The first-order chi connectivity index (χ1) is 13.5. The van der Waals surface area contributed by atoms with Crippen LogP contribution in [-0.4, -0.2) is 43.6 Å². The van der Waals surface area contributed by atoms with Crippen molar-refractivity contribution in [3.8, 4) is 22.8 Å². The van der Waals surface area contributed by atoms with Crippen LogP contribution < -0.4 is 0 Å². The summed E-state index contributed by atoms with van der Waals surface area (Å²) in [6.07, 6.45) is 5.85. The monoisotopic (exact) mass is 377 g/mol. The van der Waals surface area contributed by atoms with Crippen molar-refractivity contribution in [1.82, 2.24) is 24.6 Å². The van der Waals surface area contributed by atoms with Gasteiger partial charge in [-0.05, 0) is 42.8 Å². The Morgan fingerprint density at radius 2 is 2.07 bits per heavy atom. The molecule has 3 heterocycles. The number of amides is 1. The van der Waals surface area contributed by atoms with Crippen LogP contribution in [0.3, 0.4) is 0 Å². The van der Waals surface area contributed by atoms with Gasteiger partial charge in [0.15, 0.2) is 5.82 Å². The van der Waals surface area contributed by atoms with Gasteiger partial charge in [-0.25, -0.2) is 14.4 Å². The number of hydrogen-bond acceptors (Lipinski definition) is 4. The molecule has 3 aromatic rings. The number of carbonyl (C=O) groups is 1. The van der Waals surface area contributed by atoms with E-state index in [1.807, 2.05) is 25.5 Å². The predicted octanol–water partition coefficient (Wildman–Crippen LogP) is 3.19. The average molecular weight is 377 g/mol. The Balaban J connectivity index is 1.75. The topological polar surface area (TPSA) is 63.9 Å². The molecule has 0 spiro atoms. The quantitative estimate of drug-likeness (QED) is 0.655. The first-order valence-corrected chi connectivity index (χ1v) is 9.09.